The molecule has 1 aromatic rings. The van der Waals surface area contributed by atoms with Gasteiger partial charge in [-0.05, 0) is 87.2 Å². The van der Waals surface area contributed by atoms with Gasteiger partial charge in [0.2, 0.25) is 0 Å². The summed E-state index contributed by atoms with van der Waals surface area (Å²) in [6.45, 7) is 3.02. The molecule has 0 saturated heterocycles. The Bertz CT molecular complexity index is 849. The Morgan fingerprint density at radius 1 is 1.10 bits per heavy atom. The first-order valence-electron chi connectivity index (χ1n) is 12.3. The van der Waals surface area contributed by atoms with Crippen molar-refractivity contribution in [2.45, 2.75) is 77.6 Å². The predicted octanol–water partition coefficient (Wildman–Crippen LogP) is 6.81. The van der Waals surface area contributed by atoms with Crippen LogP contribution in [0.1, 0.15) is 76.7 Å². The fraction of sp³-hybridized carbons (Fsp3) is 0.607. The van der Waals surface area contributed by atoms with E-state index in [2.05, 4.69) is 43.3 Å². The molecule has 4 atom stereocenters. The van der Waals surface area contributed by atoms with Crippen molar-refractivity contribution in [2.24, 2.45) is 23.2 Å². The number of allylic oxidation sites excluding steroid dienone is 3. The predicted molar refractivity (Wildman–Crippen MR) is 121 cm³/mol. The van der Waals surface area contributed by atoms with Crippen molar-refractivity contribution in [3.8, 4) is 0 Å². The van der Waals surface area contributed by atoms with Crippen LogP contribution in [0.4, 0.5) is 0 Å². The maximum absolute atomic E-state index is 13.2. The number of rotatable bonds is 6. The van der Waals surface area contributed by atoms with Gasteiger partial charge >= 0.3 is 0 Å². The summed E-state index contributed by atoms with van der Waals surface area (Å²) in [5.41, 5.74) is 4.75. The highest BCUT2D eigenvalue weighted by Crippen LogP contribution is 2.61. The number of ketones is 1. The van der Waals surface area contributed by atoms with E-state index in [-0.39, 0.29) is 5.41 Å². The van der Waals surface area contributed by atoms with E-state index in [9.17, 15) is 4.79 Å². The topological polar surface area (TPSA) is 26.3 Å². The van der Waals surface area contributed by atoms with Crippen LogP contribution >= 0.6 is 0 Å². The number of benzene rings is 1. The Balaban J connectivity index is 1.33. The molecule has 0 bridgehead atoms. The third kappa shape index (κ3) is 3.47. The second-order valence-corrected chi connectivity index (χ2v) is 10.1. The van der Waals surface area contributed by atoms with Crippen LogP contribution in [0.5, 0.6) is 0 Å². The van der Waals surface area contributed by atoms with Gasteiger partial charge in [0.25, 0.3) is 0 Å². The van der Waals surface area contributed by atoms with Crippen LogP contribution in [0.15, 0.2) is 53.3 Å². The Morgan fingerprint density at radius 3 is 2.80 bits per heavy atom. The summed E-state index contributed by atoms with van der Waals surface area (Å²) in [7, 11) is 0. The highest BCUT2D eigenvalue weighted by molar-refractivity contribution is 5.87. The van der Waals surface area contributed by atoms with Crippen molar-refractivity contribution in [2.75, 3.05) is 6.61 Å². The highest BCUT2D eigenvalue weighted by Gasteiger charge is 2.56. The summed E-state index contributed by atoms with van der Waals surface area (Å²) in [4.78, 5) is 13.2. The number of aryl methyl sites for hydroxylation is 1. The molecule has 0 radical (unpaired) electrons. The summed E-state index contributed by atoms with van der Waals surface area (Å²) in [6.07, 6.45) is 14.5. The lowest BCUT2D eigenvalue weighted by atomic mass is 9.53. The first-order chi connectivity index (χ1) is 14.7. The molecule has 0 aromatic heterocycles. The average molecular weight is 405 g/mol. The van der Waals surface area contributed by atoms with Gasteiger partial charge in [0.05, 0.1) is 12.4 Å². The van der Waals surface area contributed by atoms with Gasteiger partial charge in [-0.15, -0.1) is 0 Å². The molecule has 0 spiro atoms. The molecule has 1 aromatic carbocycles. The van der Waals surface area contributed by atoms with E-state index in [0.717, 1.165) is 69.8 Å². The molecule has 2 fully saturated rings. The molecule has 4 aliphatic rings. The van der Waals surface area contributed by atoms with E-state index in [1.54, 1.807) is 11.1 Å². The fourth-order valence-electron chi connectivity index (χ4n) is 7.28. The smallest absolute Gasteiger partial charge is 0.139 e. The second-order valence-electron chi connectivity index (χ2n) is 10.1. The van der Waals surface area contributed by atoms with Gasteiger partial charge in [0.1, 0.15) is 5.78 Å². The molecule has 5 rings (SSSR count). The molecule has 0 unspecified atom stereocenters. The standard InChI is InChI=1S/C28H36O2/c1-2-18-30-22-9-11-23-21(19-22)8-10-25-24(23)15-17-28(26(25)12-13-27(28)29)16-14-20-6-4-3-5-7-20/h3-7,9,24-26H,2,8,10-19H2,1H3/t24-,25-,26+,28+/m1/s1. The van der Waals surface area contributed by atoms with E-state index in [4.69, 9.17) is 4.74 Å². The van der Waals surface area contributed by atoms with E-state index in [1.165, 1.54) is 30.6 Å². The van der Waals surface area contributed by atoms with E-state index in [0.29, 0.717) is 11.7 Å². The fourth-order valence-corrected chi connectivity index (χ4v) is 7.28. The van der Waals surface area contributed by atoms with Crippen LogP contribution in [-0.2, 0) is 16.0 Å². The second kappa shape index (κ2) is 8.36. The highest BCUT2D eigenvalue weighted by atomic mass is 16.5. The Morgan fingerprint density at radius 2 is 1.97 bits per heavy atom. The molecule has 4 aliphatic carbocycles. The van der Waals surface area contributed by atoms with Crippen molar-refractivity contribution in [1.29, 1.82) is 0 Å². The third-order valence-electron chi connectivity index (χ3n) is 8.70. The molecule has 0 aliphatic heterocycles. The lowest BCUT2D eigenvalue weighted by Crippen LogP contribution is -2.45. The number of hydrogen-bond acceptors (Lipinski definition) is 2. The van der Waals surface area contributed by atoms with Crippen LogP contribution in [0.2, 0.25) is 0 Å². The van der Waals surface area contributed by atoms with Gasteiger partial charge < -0.3 is 4.74 Å². The van der Waals surface area contributed by atoms with Gasteiger partial charge in [0, 0.05) is 18.3 Å². The molecule has 30 heavy (non-hydrogen) atoms. The first-order valence-corrected chi connectivity index (χ1v) is 12.3. The number of carbonyl (C=O) groups excluding carboxylic acids is 1. The van der Waals surface area contributed by atoms with Crippen molar-refractivity contribution in [1.82, 2.24) is 0 Å². The number of Topliss-reactive ketones (excluding diaryl/α,β-unsaturated/α-hetero) is 1. The van der Waals surface area contributed by atoms with Crippen LogP contribution in [0.25, 0.3) is 0 Å². The van der Waals surface area contributed by atoms with Crippen LogP contribution in [0, 0.1) is 23.2 Å². The molecule has 0 N–H and O–H groups in total. The first kappa shape index (κ1) is 20.1. The van der Waals surface area contributed by atoms with Crippen LogP contribution in [-0.4, -0.2) is 12.4 Å². The lowest BCUT2D eigenvalue weighted by molar-refractivity contribution is -0.131. The number of fused-ring (bicyclic) bond motifs is 4. The summed E-state index contributed by atoms with van der Waals surface area (Å²) >= 11 is 0. The van der Waals surface area contributed by atoms with Gasteiger partial charge in [-0.1, -0.05) is 48.4 Å². The zero-order chi connectivity index (χ0) is 20.6. The van der Waals surface area contributed by atoms with Gasteiger partial charge in [-0.2, -0.15) is 0 Å². The van der Waals surface area contributed by atoms with E-state index >= 15 is 0 Å². The minimum Gasteiger partial charge on any atom is -0.498 e. The molecule has 160 valence electrons. The number of carbonyl (C=O) groups is 1. The molecule has 2 heteroatoms. The van der Waals surface area contributed by atoms with Crippen molar-refractivity contribution >= 4 is 5.78 Å². The minimum atomic E-state index is -0.0328. The molecular weight excluding hydrogens is 368 g/mol. The summed E-state index contributed by atoms with van der Waals surface area (Å²) in [5.74, 6) is 3.85. The SMILES string of the molecule is CCCOC1=CCC2=C(CC[C@@H]3[C@@H]2CC[C@]2(CCc4ccccc4)C(=O)CC[C@@H]32)C1. The van der Waals surface area contributed by atoms with Crippen LogP contribution in [0.3, 0.4) is 0 Å². The quantitative estimate of drug-likeness (QED) is 0.487. The zero-order valence-electron chi connectivity index (χ0n) is 18.5. The number of ether oxygens (including phenoxy) is 1. The van der Waals surface area contributed by atoms with E-state index in [1.807, 2.05) is 0 Å². The van der Waals surface area contributed by atoms with E-state index < -0.39 is 0 Å². The molecule has 0 amide bonds. The Kier molecular flexibility index (Phi) is 5.60. The monoisotopic (exact) mass is 404 g/mol. The summed E-state index contributed by atoms with van der Waals surface area (Å²) in [6, 6.07) is 10.8. The minimum absolute atomic E-state index is 0.0328. The maximum Gasteiger partial charge on any atom is 0.139 e. The van der Waals surface area contributed by atoms with Crippen molar-refractivity contribution in [3.63, 3.8) is 0 Å². The molecule has 2 saturated carbocycles. The molecule has 2 nitrogen and oxygen atoms in total. The summed E-state index contributed by atoms with van der Waals surface area (Å²) in [5, 5.41) is 0. The number of hydrogen-bond donors (Lipinski definition) is 0. The lowest BCUT2D eigenvalue weighted by Gasteiger charge is -2.51. The van der Waals surface area contributed by atoms with Gasteiger partial charge in [-0.25, -0.2) is 0 Å². The largest absolute Gasteiger partial charge is 0.498 e. The van der Waals surface area contributed by atoms with Crippen LogP contribution < -0.4 is 0 Å². The van der Waals surface area contributed by atoms with Gasteiger partial charge in [-0.3, -0.25) is 4.79 Å². The Labute approximate surface area is 181 Å². The van der Waals surface area contributed by atoms with Gasteiger partial charge in [0.15, 0.2) is 0 Å². The third-order valence-corrected chi connectivity index (χ3v) is 8.70. The molecule has 0 heterocycles. The summed E-state index contributed by atoms with van der Waals surface area (Å²) < 4.78 is 5.97. The Hall–Kier alpha value is -1.83. The van der Waals surface area contributed by atoms with Crippen molar-refractivity contribution < 1.29 is 9.53 Å². The molecular formula is C28H36O2. The van der Waals surface area contributed by atoms with Crippen molar-refractivity contribution in [3.05, 3.63) is 58.9 Å². The average Bonchev–Trinajstić information content (AvgIpc) is 3.13. The normalized spacial score (nSPS) is 32.9. The maximum atomic E-state index is 13.2. The zero-order valence-corrected chi connectivity index (χ0v) is 18.5.